The predicted octanol–water partition coefficient (Wildman–Crippen LogP) is 0.804. The summed E-state index contributed by atoms with van der Waals surface area (Å²) in [5.41, 5.74) is 0. The fourth-order valence-corrected chi connectivity index (χ4v) is 3.66. The summed E-state index contributed by atoms with van der Waals surface area (Å²) >= 11 is 0. The molecule has 2 aliphatic rings. The quantitative estimate of drug-likeness (QED) is 0.383. The summed E-state index contributed by atoms with van der Waals surface area (Å²) in [6.07, 6.45) is 0.602. The lowest BCUT2D eigenvalue weighted by atomic mass is 10.1. The maximum atomic E-state index is 11.7. The minimum Gasteiger partial charge on any atom is -0.394 e. The van der Waals surface area contributed by atoms with Gasteiger partial charge in [0.25, 0.3) is 0 Å². The van der Waals surface area contributed by atoms with Crippen molar-refractivity contribution in [3.8, 4) is 0 Å². The Kier molecular flexibility index (Phi) is 12.0. The molecule has 0 aromatic rings. The molecule has 0 unspecified atom stereocenters. The van der Waals surface area contributed by atoms with E-state index in [1.807, 2.05) is 0 Å². The third kappa shape index (κ3) is 10.3. The van der Waals surface area contributed by atoms with E-state index >= 15 is 0 Å². The van der Waals surface area contributed by atoms with Crippen molar-refractivity contribution in [1.29, 1.82) is 0 Å². The molecule has 1 N–H and O–H groups in total. The summed E-state index contributed by atoms with van der Waals surface area (Å²) in [5.74, 6) is -1.98. The molecule has 2 amide bonds. The van der Waals surface area contributed by atoms with Gasteiger partial charge in [-0.1, -0.05) is 0 Å². The van der Waals surface area contributed by atoms with Gasteiger partial charge in [-0.25, -0.2) is 10.1 Å². The van der Waals surface area contributed by atoms with E-state index in [1.54, 1.807) is 34.7 Å². The summed E-state index contributed by atoms with van der Waals surface area (Å²) in [5, 5.41) is 11.4. The molecule has 2 aliphatic heterocycles. The van der Waals surface area contributed by atoms with Gasteiger partial charge < -0.3 is 28.8 Å². The van der Waals surface area contributed by atoms with Crippen molar-refractivity contribution >= 4 is 18.1 Å². The van der Waals surface area contributed by atoms with E-state index in [-0.39, 0.29) is 49.6 Å². The number of carbonyl (C=O) groups excluding carboxylic acids is 3. The molecule has 2 saturated heterocycles. The number of hydrogen-bond donors (Lipinski definition) is 1. The maximum Gasteiger partial charge on any atom is 0.248 e. The highest BCUT2D eigenvalue weighted by atomic mass is 16.7. The van der Waals surface area contributed by atoms with Gasteiger partial charge in [-0.3, -0.25) is 19.3 Å². The SMILES string of the molecule is CON(C)C(=O)C[C@H]1C[C@@H](C=O)OC(C)(C)O1.CON(C)C(=O)C[C@H]1C[C@@H](CO)OC(C)(C)O1. The molecular weight excluding hydrogens is 452 g/mol. The monoisotopic (exact) mass is 492 g/mol. The molecule has 0 radical (unpaired) electrons. The van der Waals surface area contributed by atoms with Crippen LogP contribution >= 0.6 is 0 Å². The zero-order chi connectivity index (χ0) is 26.1. The second kappa shape index (κ2) is 13.4. The second-order valence-electron chi connectivity index (χ2n) is 9.02. The molecule has 34 heavy (non-hydrogen) atoms. The van der Waals surface area contributed by atoms with Crippen molar-refractivity contribution < 1.29 is 48.1 Å². The van der Waals surface area contributed by atoms with Crippen LogP contribution in [0.4, 0.5) is 0 Å². The molecule has 0 spiro atoms. The first-order chi connectivity index (χ1) is 15.8. The lowest BCUT2D eigenvalue weighted by Crippen LogP contribution is -2.47. The Hall–Kier alpha value is -1.67. The highest BCUT2D eigenvalue weighted by Gasteiger charge is 2.37. The number of hydroxylamine groups is 4. The number of aliphatic hydroxyl groups excluding tert-OH is 1. The van der Waals surface area contributed by atoms with Crippen molar-refractivity contribution in [2.24, 2.45) is 0 Å². The van der Waals surface area contributed by atoms with E-state index in [0.29, 0.717) is 12.8 Å². The van der Waals surface area contributed by atoms with Crippen LogP contribution in [0.25, 0.3) is 0 Å². The minimum absolute atomic E-state index is 0.0718. The number of aliphatic hydroxyl groups is 1. The van der Waals surface area contributed by atoms with Crippen LogP contribution in [0.1, 0.15) is 53.4 Å². The highest BCUT2D eigenvalue weighted by Crippen LogP contribution is 2.29. The molecule has 2 fully saturated rings. The molecule has 2 rings (SSSR count). The Morgan fingerprint density at radius 1 is 0.853 bits per heavy atom. The van der Waals surface area contributed by atoms with Crippen molar-refractivity contribution in [1.82, 2.24) is 10.1 Å². The van der Waals surface area contributed by atoms with Gasteiger partial charge in [-0.15, -0.1) is 0 Å². The number of amides is 2. The van der Waals surface area contributed by atoms with Crippen LogP contribution in [0.2, 0.25) is 0 Å². The zero-order valence-corrected chi connectivity index (χ0v) is 21.4. The molecule has 2 heterocycles. The lowest BCUT2D eigenvalue weighted by Gasteiger charge is -2.40. The zero-order valence-electron chi connectivity index (χ0n) is 21.4. The molecule has 4 atom stereocenters. The van der Waals surface area contributed by atoms with Crippen LogP contribution in [0.3, 0.4) is 0 Å². The van der Waals surface area contributed by atoms with Crippen LogP contribution in [-0.4, -0.2) is 104 Å². The average Bonchev–Trinajstić information content (AvgIpc) is 2.75. The number of rotatable bonds is 8. The Labute approximate surface area is 201 Å². The average molecular weight is 493 g/mol. The number of ether oxygens (including phenoxy) is 4. The van der Waals surface area contributed by atoms with Crippen LogP contribution in [0.15, 0.2) is 0 Å². The fourth-order valence-electron chi connectivity index (χ4n) is 3.66. The summed E-state index contributed by atoms with van der Waals surface area (Å²) in [6.45, 7) is 6.91. The number of nitrogens with zero attached hydrogens (tertiary/aromatic N) is 2. The summed E-state index contributed by atoms with van der Waals surface area (Å²) in [7, 11) is 5.93. The van der Waals surface area contributed by atoms with Gasteiger partial charge in [0, 0.05) is 26.9 Å². The van der Waals surface area contributed by atoms with Crippen molar-refractivity contribution in [2.45, 2.75) is 89.4 Å². The van der Waals surface area contributed by atoms with Crippen molar-refractivity contribution in [3.63, 3.8) is 0 Å². The highest BCUT2D eigenvalue weighted by molar-refractivity contribution is 5.75. The summed E-state index contributed by atoms with van der Waals surface area (Å²) in [6, 6.07) is 0. The van der Waals surface area contributed by atoms with Crippen molar-refractivity contribution in [2.75, 3.05) is 34.9 Å². The maximum absolute atomic E-state index is 11.7. The van der Waals surface area contributed by atoms with Crippen LogP contribution in [0, 0.1) is 0 Å². The molecule has 0 saturated carbocycles. The lowest BCUT2D eigenvalue weighted by molar-refractivity contribution is -0.304. The second-order valence-corrected chi connectivity index (χ2v) is 9.02. The summed E-state index contributed by atoms with van der Waals surface area (Å²) in [4.78, 5) is 43.7. The van der Waals surface area contributed by atoms with E-state index in [9.17, 15) is 14.4 Å². The fraction of sp³-hybridized carbons (Fsp3) is 0.864. The van der Waals surface area contributed by atoms with E-state index in [1.165, 1.54) is 26.3 Å². The number of hydrogen-bond acceptors (Lipinski definition) is 10. The Morgan fingerprint density at radius 3 is 1.68 bits per heavy atom. The van der Waals surface area contributed by atoms with E-state index in [4.69, 9.17) is 33.7 Å². The normalized spacial score (nSPS) is 27.7. The van der Waals surface area contributed by atoms with E-state index in [0.717, 1.165) is 11.3 Å². The topological polar surface area (TPSA) is 133 Å². The third-order valence-electron chi connectivity index (χ3n) is 5.22. The van der Waals surface area contributed by atoms with E-state index in [2.05, 4.69) is 0 Å². The molecule has 12 nitrogen and oxygen atoms in total. The number of carbonyl (C=O) groups is 3. The van der Waals surface area contributed by atoms with Gasteiger partial charge in [0.15, 0.2) is 11.6 Å². The summed E-state index contributed by atoms with van der Waals surface area (Å²) < 4.78 is 22.1. The Morgan fingerprint density at radius 2 is 1.26 bits per heavy atom. The first-order valence-corrected chi connectivity index (χ1v) is 11.1. The number of aldehydes is 1. The minimum atomic E-state index is -0.847. The molecule has 0 aromatic carbocycles. The predicted molar refractivity (Wildman–Crippen MR) is 119 cm³/mol. The largest absolute Gasteiger partial charge is 0.394 e. The van der Waals surface area contributed by atoms with Gasteiger partial charge in [0.1, 0.15) is 12.4 Å². The van der Waals surface area contributed by atoms with Crippen molar-refractivity contribution in [3.05, 3.63) is 0 Å². The standard InChI is InChI=1S/C11H21NO5.C11H19NO5/c2*1-11(2)16-8(5-9(7-13)17-11)6-10(14)12(3)15-4/h8-9,13H,5-7H2,1-4H3;7-9H,5-6H2,1-4H3/t2*8-,9+/m11/s1. The van der Waals surface area contributed by atoms with E-state index < -0.39 is 17.7 Å². The molecule has 0 bridgehead atoms. The third-order valence-corrected chi connectivity index (χ3v) is 5.22. The van der Waals surface area contributed by atoms with Crippen LogP contribution in [0.5, 0.6) is 0 Å². The van der Waals surface area contributed by atoms with Gasteiger partial charge >= 0.3 is 0 Å². The molecule has 0 aromatic heterocycles. The van der Waals surface area contributed by atoms with Crippen LogP contribution in [-0.2, 0) is 43.0 Å². The smallest absolute Gasteiger partial charge is 0.248 e. The van der Waals surface area contributed by atoms with Crippen LogP contribution < -0.4 is 0 Å². The van der Waals surface area contributed by atoms with Gasteiger partial charge in [-0.05, 0) is 27.7 Å². The molecule has 12 heteroatoms. The Bertz CT molecular complexity index is 672. The molecule has 0 aliphatic carbocycles. The Balaban J connectivity index is 0.000000340. The molecular formula is C22H40N2O10. The van der Waals surface area contributed by atoms with Gasteiger partial charge in [0.2, 0.25) is 11.8 Å². The first kappa shape index (κ1) is 30.4. The van der Waals surface area contributed by atoms with Gasteiger partial charge in [0.05, 0.1) is 52.0 Å². The van der Waals surface area contributed by atoms with Gasteiger partial charge in [-0.2, -0.15) is 0 Å². The molecule has 198 valence electrons. The first-order valence-electron chi connectivity index (χ1n) is 11.1.